The number of hydrogen-bond donors (Lipinski definition) is 1. The SMILES string of the molecule is CCOC(=O)/C(C)=C/c1ccc(C(=O)O)cc1Cl. The number of carbonyl (C=O) groups is 2. The molecule has 18 heavy (non-hydrogen) atoms. The molecule has 0 radical (unpaired) electrons. The molecule has 0 aliphatic carbocycles. The zero-order chi connectivity index (χ0) is 13.7. The minimum Gasteiger partial charge on any atom is -0.478 e. The highest BCUT2D eigenvalue weighted by Gasteiger charge is 2.08. The van der Waals surface area contributed by atoms with Crippen molar-refractivity contribution in [2.45, 2.75) is 13.8 Å². The van der Waals surface area contributed by atoms with Gasteiger partial charge in [0, 0.05) is 10.6 Å². The highest BCUT2D eigenvalue weighted by Crippen LogP contribution is 2.21. The van der Waals surface area contributed by atoms with E-state index >= 15 is 0 Å². The summed E-state index contributed by atoms with van der Waals surface area (Å²) in [7, 11) is 0. The Kier molecular flexibility index (Phi) is 4.92. The summed E-state index contributed by atoms with van der Waals surface area (Å²) in [6.45, 7) is 3.63. The average molecular weight is 269 g/mol. The maximum atomic E-state index is 11.4. The van der Waals surface area contributed by atoms with Gasteiger partial charge in [0.1, 0.15) is 0 Å². The molecule has 1 aromatic carbocycles. The third-order valence-corrected chi connectivity index (χ3v) is 2.54. The van der Waals surface area contributed by atoms with Gasteiger partial charge >= 0.3 is 11.9 Å². The second kappa shape index (κ2) is 6.21. The van der Waals surface area contributed by atoms with E-state index in [4.69, 9.17) is 21.4 Å². The molecule has 1 N–H and O–H groups in total. The number of rotatable bonds is 4. The first kappa shape index (κ1) is 14.3. The molecule has 0 bridgehead atoms. The van der Waals surface area contributed by atoms with E-state index in [0.717, 1.165) is 0 Å². The van der Waals surface area contributed by atoms with Gasteiger partial charge in [0.15, 0.2) is 0 Å². The second-order valence-electron chi connectivity index (χ2n) is 3.59. The molecule has 0 unspecified atom stereocenters. The summed E-state index contributed by atoms with van der Waals surface area (Å²) in [6, 6.07) is 4.32. The third kappa shape index (κ3) is 3.60. The fraction of sp³-hybridized carbons (Fsp3) is 0.231. The molecular weight excluding hydrogens is 256 g/mol. The van der Waals surface area contributed by atoms with Crippen molar-refractivity contribution >= 4 is 29.6 Å². The van der Waals surface area contributed by atoms with Gasteiger partial charge in [-0.1, -0.05) is 17.7 Å². The lowest BCUT2D eigenvalue weighted by Crippen LogP contribution is -2.05. The molecule has 5 heteroatoms. The van der Waals surface area contributed by atoms with Gasteiger partial charge < -0.3 is 9.84 Å². The lowest BCUT2D eigenvalue weighted by Gasteiger charge is -2.04. The van der Waals surface area contributed by atoms with Gasteiger partial charge in [-0.05, 0) is 37.6 Å². The van der Waals surface area contributed by atoms with Gasteiger partial charge in [-0.2, -0.15) is 0 Å². The largest absolute Gasteiger partial charge is 0.478 e. The first-order valence-corrected chi connectivity index (χ1v) is 5.71. The highest BCUT2D eigenvalue weighted by atomic mass is 35.5. The first-order chi connectivity index (χ1) is 8.45. The van der Waals surface area contributed by atoms with Crippen LogP contribution in [0.5, 0.6) is 0 Å². The van der Waals surface area contributed by atoms with E-state index in [-0.39, 0.29) is 10.6 Å². The van der Waals surface area contributed by atoms with Gasteiger partial charge in [-0.25, -0.2) is 9.59 Å². The van der Waals surface area contributed by atoms with Crippen molar-refractivity contribution in [1.82, 2.24) is 0 Å². The first-order valence-electron chi connectivity index (χ1n) is 5.34. The zero-order valence-electron chi connectivity index (χ0n) is 10.1. The Hall–Kier alpha value is -1.81. The fourth-order valence-electron chi connectivity index (χ4n) is 1.31. The second-order valence-corrected chi connectivity index (χ2v) is 4.00. The molecule has 0 saturated carbocycles. The Bertz CT molecular complexity index is 506. The van der Waals surface area contributed by atoms with E-state index in [9.17, 15) is 9.59 Å². The number of aromatic carboxylic acids is 1. The Morgan fingerprint density at radius 2 is 2.11 bits per heavy atom. The summed E-state index contributed by atoms with van der Waals surface area (Å²) < 4.78 is 4.83. The summed E-state index contributed by atoms with van der Waals surface area (Å²) in [5.41, 5.74) is 1.08. The van der Waals surface area contributed by atoms with E-state index in [1.165, 1.54) is 12.1 Å². The van der Waals surface area contributed by atoms with Crippen molar-refractivity contribution in [1.29, 1.82) is 0 Å². The van der Waals surface area contributed by atoms with Crippen LogP contribution in [-0.2, 0) is 9.53 Å². The smallest absolute Gasteiger partial charge is 0.335 e. The summed E-state index contributed by atoms with van der Waals surface area (Å²) in [5, 5.41) is 9.07. The Balaban J connectivity index is 3.01. The van der Waals surface area contributed by atoms with Crippen LogP contribution < -0.4 is 0 Å². The van der Waals surface area contributed by atoms with E-state index in [1.807, 2.05) is 0 Å². The minimum atomic E-state index is -1.05. The number of halogens is 1. The van der Waals surface area contributed by atoms with Crippen LogP contribution in [0.25, 0.3) is 6.08 Å². The molecule has 0 aliphatic heterocycles. The maximum absolute atomic E-state index is 11.4. The van der Waals surface area contributed by atoms with Gasteiger partial charge in [0.25, 0.3) is 0 Å². The molecular formula is C13H13ClO4. The number of carboxylic acid groups (broad SMARTS) is 1. The highest BCUT2D eigenvalue weighted by molar-refractivity contribution is 6.32. The van der Waals surface area contributed by atoms with Crippen LogP contribution in [0.3, 0.4) is 0 Å². The molecule has 1 rings (SSSR count). The maximum Gasteiger partial charge on any atom is 0.335 e. The van der Waals surface area contributed by atoms with Crippen LogP contribution in [0.4, 0.5) is 0 Å². The topological polar surface area (TPSA) is 63.6 Å². The van der Waals surface area contributed by atoms with Gasteiger partial charge in [-0.3, -0.25) is 0 Å². The van der Waals surface area contributed by atoms with Crippen molar-refractivity contribution in [2.75, 3.05) is 6.61 Å². The fourth-order valence-corrected chi connectivity index (χ4v) is 1.55. The molecule has 96 valence electrons. The number of carbonyl (C=O) groups excluding carboxylic acids is 1. The molecule has 0 atom stereocenters. The van der Waals surface area contributed by atoms with Crippen LogP contribution in [0.1, 0.15) is 29.8 Å². The molecule has 4 nitrogen and oxygen atoms in total. The number of ether oxygens (including phenoxy) is 1. The number of esters is 1. The molecule has 0 heterocycles. The summed E-state index contributed by atoms with van der Waals surface area (Å²) in [6.07, 6.45) is 1.56. The van der Waals surface area contributed by atoms with E-state index in [0.29, 0.717) is 17.7 Å². The number of carboxylic acids is 1. The normalized spacial score (nSPS) is 11.2. The van der Waals surface area contributed by atoms with Crippen LogP contribution in [-0.4, -0.2) is 23.7 Å². The Morgan fingerprint density at radius 3 is 2.61 bits per heavy atom. The van der Waals surface area contributed by atoms with Crippen LogP contribution >= 0.6 is 11.6 Å². The van der Waals surface area contributed by atoms with Crippen LogP contribution in [0, 0.1) is 0 Å². The van der Waals surface area contributed by atoms with Crippen molar-refractivity contribution in [2.24, 2.45) is 0 Å². The minimum absolute atomic E-state index is 0.103. The Labute approximate surface area is 110 Å². The lowest BCUT2D eigenvalue weighted by molar-refractivity contribution is -0.138. The zero-order valence-corrected chi connectivity index (χ0v) is 10.8. The van der Waals surface area contributed by atoms with Crippen molar-refractivity contribution < 1.29 is 19.4 Å². The lowest BCUT2D eigenvalue weighted by atomic mass is 10.1. The standard InChI is InChI=1S/C13H13ClO4/c1-3-18-13(17)8(2)6-9-4-5-10(12(15)16)7-11(9)14/h4-7H,3H2,1-2H3,(H,15,16)/b8-6+. The quantitative estimate of drug-likeness (QED) is 0.673. The predicted octanol–water partition coefficient (Wildman–Crippen LogP) is 3.00. The molecule has 0 saturated heterocycles. The van der Waals surface area contributed by atoms with Crippen LogP contribution in [0.15, 0.2) is 23.8 Å². The molecule has 0 spiro atoms. The summed E-state index contributed by atoms with van der Waals surface area (Å²) in [4.78, 5) is 22.1. The number of benzene rings is 1. The number of hydrogen-bond acceptors (Lipinski definition) is 3. The molecule has 1 aromatic rings. The van der Waals surface area contributed by atoms with E-state index in [1.54, 1.807) is 26.0 Å². The van der Waals surface area contributed by atoms with Crippen LogP contribution in [0.2, 0.25) is 5.02 Å². The molecule has 0 aliphatic rings. The molecule has 0 aromatic heterocycles. The van der Waals surface area contributed by atoms with E-state index in [2.05, 4.69) is 0 Å². The van der Waals surface area contributed by atoms with Gasteiger partial charge in [-0.15, -0.1) is 0 Å². The van der Waals surface area contributed by atoms with E-state index < -0.39 is 11.9 Å². The summed E-state index contributed by atoms with van der Waals surface area (Å²) >= 11 is 5.94. The monoisotopic (exact) mass is 268 g/mol. The van der Waals surface area contributed by atoms with Gasteiger partial charge in [0.05, 0.1) is 12.2 Å². The Morgan fingerprint density at radius 1 is 1.44 bits per heavy atom. The summed E-state index contributed by atoms with van der Waals surface area (Å²) in [5.74, 6) is -1.47. The van der Waals surface area contributed by atoms with Gasteiger partial charge in [0.2, 0.25) is 0 Å². The molecule has 0 fully saturated rings. The predicted molar refractivity (Wildman–Crippen MR) is 68.7 cm³/mol. The third-order valence-electron chi connectivity index (χ3n) is 2.22. The van der Waals surface area contributed by atoms with Crippen molar-refractivity contribution in [3.8, 4) is 0 Å². The van der Waals surface area contributed by atoms with Crippen molar-refractivity contribution in [3.63, 3.8) is 0 Å². The average Bonchev–Trinajstić information content (AvgIpc) is 2.31. The molecule has 0 amide bonds. The van der Waals surface area contributed by atoms with Crippen molar-refractivity contribution in [3.05, 3.63) is 39.9 Å².